The van der Waals surface area contributed by atoms with Gasteiger partial charge in [0.15, 0.2) is 0 Å². The molecule has 0 fully saturated rings. The Morgan fingerprint density at radius 3 is 2.53 bits per heavy atom. The predicted molar refractivity (Wildman–Crippen MR) is 74.6 cm³/mol. The van der Waals surface area contributed by atoms with Crippen LogP contribution in [-0.4, -0.2) is 12.5 Å². The monoisotopic (exact) mass is 253 g/mol. The van der Waals surface area contributed by atoms with Crippen LogP contribution in [0.3, 0.4) is 0 Å². The van der Waals surface area contributed by atoms with E-state index in [9.17, 15) is 4.79 Å². The van der Waals surface area contributed by atoms with Crippen LogP contribution in [0.15, 0.2) is 17.5 Å². The van der Waals surface area contributed by atoms with E-state index >= 15 is 0 Å². The number of hydrogen-bond donors (Lipinski definition) is 1. The summed E-state index contributed by atoms with van der Waals surface area (Å²) in [4.78, 5) is 12.4. The van der Waals surface area contributed by atoms with Crippen LogP contribution < -0.4 is 5.32 Å². The normalized spacial score (nSPS) is 10.4. The third-order valence-corrected chi connectivity index (χ3v) is 3.68. The second kappa shape index (κ2) is 9.23. The van der Waals surface area contributed by atoms with E-state index in [1.54, 1.807) is 0 Å². The molecule has 0 spiro atoms. The molecule has 0 saturated carbocycles. The molecule has 1 rings (SSSR count). The van der Waals surface area contributed by atoms with Crippen LogP contribution in [0.25, 0.3) is 0 Å². The molecule has 0 radical (unpaired) electrons. The lowest BCUT2D eigenvalue weighted by Gasteiger charge is -2.03. The maximum absolute atomic E-state index is 11.6. The fourth-order valence-electron chi connectivity index (χ4n) is 1.78. The van der Waals surface area contributed by atoms with Crippen molar-refractivity contribution in [3.8, 4) is 0 Å². The molecule has 1 N–H and O–H groups in total. The van der Waals surface area contributed by atoms with E-state index in [-0.39, 0.29) is 5.91 Å². The molecule has 0 aliphatic heterocycles. The first-order valence-electron chi connectivity index (χ1n) is 6.66. The first-order chi connectivity index (χ1) is 8.34. The Bertz CT molecular complexity index is 295. The lowest BCUT2D eigenvalue weighted by molar-refractivity contribution is 0.0957. The summed E-state index contributed by atoms with van der Waals surface area (Å²) >= 11 is 1.50. The molecule has 1 aromatic heterocycles. The van der Waals surface area contributed by atoms with Gasteiger partial charge in [0.2, 0.25) is 0 Å². The summed E-state index contributed by atoms with van der Waals surface area (Å²) in [5, 5.41) is 4.89. The maximum Gasteiger partial charge on any atom is 0.261 e. The van der Waals surface area contributed by atoms with E-state index in [4.69, 9.17) is 0 Å². The second-order valence-electron chi connectivity index (χ2n) is 4.35. The molecule has 1 amide bonds. The summed E-state index contributed by atoms with van der Waals surface area (Å²) in [5.74, 6) is 0.0750. The molecular formula is C14H23NOS. The van der Waals surface area contributed by atoms with Gasteiger partial charge in [-0.15, -0.1) is 11.3 Å². The molecule has 0 aliphatic carbocycles. The molecule has 1 heterocycles. The Kier molecular flexibility index (Phi) is 7.72. The molecule has 0 aliphatic rings. The smallest absolute Gasteiger partial charge is 0.261 e. The van der Waals surface area contributed by atoms with Gasteiger partial charge in [-0.05, 0) is 17.9 Å². The molecule has 0 atom stereocenters. The van der Waals surface area contributed by atoms with Gasteiger partial charge >= 0.3 is 0 Å². The van der Waals surface area contributed by atoms with Gasteiger partial charge in [0.1, 0.15) is 0 Å². The minimum absolute atomic E-state index is 0.0750. The average molecular weight is 253 g/mol. The Morgan fingerprint density at radius 1 is 1.18 bits per heavy atom. The van der Waals surface area contributed by atoms with E-state index in [0.717, 1.165) is 17.8 Å². The Balaban J connectivity index is 1.92. The standard InChI is InChI=1S/C14H23NOS/c1-2-3-4-5-6-7-8-11-15-14(16)13-10-9-12-17-13/h9-10,12H,2-8,11H2,1H3,(H,15,16). The van der Waals surface area contributed by atoms with Crippen molar-refractivity contribution in [2.24, 2.45) is 0 Å². The van der Waals surface area contributed by atoms with Crippen LogP contribution in [0, 0.1) is 0 Å². The molecule has 1 aromatic rings. The van der Waals surface area contributed by atoms with E-state index in [1.807, 2.05) is 17.5 Å². The quantitative estimate of drug-likeness (QED) is 0.656. The van der Waals surface area contributed by atoms with Crippen LogP contribution >= 0.6 is 11.3 Å². The number of unbranched alkanes of at least 4 members (excludes halogenated alkanes) is 6. The molecule has 0 unspecified atom stereocenters. The number of amides is 1. The number of carbonyl (C=O) groups is 1. The molecule has 2 nitrogen and oxygen atoms in total. The number of hydrogen-bond acceptors (Lipinski definition) is 2. The highest BCUT2D eigenvalue weighted by Gasteiger charge is 2.04. The van der Waals surface area contributed by atoms with Crippen molar-refractivity contribution in [3.05, 3.63) is 22.4 Å². The van der Waals surface area contributed by atoms with Gasteiger partial charge in [0.25, 0.3) is 5.91 Å². The zero-order valence-electron chi connectivity index (χ0n) is 10.7. The molecule has 3 heteroatoms. The summed E-state index contributed by atoms with van der Waals surface area (Å²) < 4.78 is 0. The van der Waals surface area contributed by atoms with Crippen molar-refractivity contribution in [1.82, 2.24) is 5.32 Å². The predicted octanol–water partition coefficient (Wildman–Crippen LogP) is 4.23. The highest BCUT2D eigenvalue weighted by molar-refractivity contribution is 7.12. The van der Waals surface area contributed by atoms with Crippen molar-refractivity contribution in [1.29, 1.82) is 0 Å². The summed E-state index contributed by atoms with van der Waals surface area (Å²) in [6.45, 7) is 3.05. The van der Waals surface area contributed by atoms with Crippen LogP contribution in [0.2, 0.25) is 0 Å². The SMILES string of the molecule is CCCCCCCCCNC(=O)c1cccs1. The first-order valence-corrected chi connectivity index (χ1v) is 7.54. The molecule has 0 aromatic carbocycles. The van der Waals surface area contributed by atoms with E-state index in [2.05, 4.69) is 12.2 Å². The maximum atomic E-state index is 11.6. The Labute approximate surface area is 108 Å². The molecule has 0 saturated heterocycles. The van der Waals surface area contributed by atoms with Gasteiger partial charge in [-0.25, -0.2) is 0 Å². The number of rotatable bonds is 9. The molecular weight excluding hydrogens is 230 g/mol. The van der Waals surface area contributed by atoms with Crippen molar-refractivity contribution in [2.45, 2.75) is 51.9 Å². The van der Waals surface area contributed by atoms with Crippen LogP contribution in [0.1, 0.15) is 61.5 Å². The zero-order chi connectivity index (χ0) is 12.3. The minimum Gasteiger partial charge on any atom is -0.351 e. The Hall–Kier alpha value is -0.830. The summed E-state index contributed by atoms with van der Waals surface area (Å²) in [6, 6.07) is 3.78. The minimum atomic E-state index is 0.0750. The number of thiophene rings is 1. The second-order valence-corrected chi connectivity index (χ2v) is 5.30. The lowest BCUT2D eigenvalue weighted by Crippen LogP contribution is -2.23. The molecule has 96 valence electrons. The van der Waals surface area contributed by atoms with Gasteiger partial charge in [-0.2, -0.15) is 0 Å². The van der Waals surface area contributed by atoms with Crippen LogP contribution in [0.5, 0.6) is 0 Å². The number of carbonyl (C=O) groups excluding carboxylic acids is 1. The highest BCUT2D eigenvalue weighted by atomic mass is 32.1. The van der Waals surface area contributed by atoms with Gasteiger partial charge in [-0.3, -0.25) is 4.79 Å². The van der Waals surface area contributed by atoms with E-state index in [1.165, 1.54) is 49.9 Å². The van der Waals surface area contributed by atoms with E-state index < -0.39 is 0 Å². The summed E-state index contributed by atoms with van der Waals surface area (Å²) in [6.07, 6.45) is 8.99. The van der Waals surface area contributed by atoms with Crippen LogP contribution in [0.4, 0.5) is 0 Å². The first kappa shape index (κ1) is 14.2. The van der Waals surface area contributed by atoms with Crippen molar-refractivity contribution >= 4 is 17.2 Å². The molecule has 0 bridgehead atoms. The zero-order valence-corrected chi connectivity index (χ0v) is 11.5. The van der Waals surface area contributed by atoms with Crippen LogP contribution in [-0.2, 0) is 0 Å². The van der Waals surface area contributed by atoms with Gasteiger partial charge < -0.3 is 5.32 Å². The average Bonchev–Trinajstić information content (AvgIpc) is 2.86. The summed E-state index contributed by atoms with van der Waals surface area (Å²) in [5.41, 5.74) is 0. The van der Waals surface area contributed by atoms with E-state index in [0.29, 0.717) is 0 Å². The summed E-state index contributed by atoms with van der Waals surface area (Å²) in [7, 11) is 0. The van der Waals surface area contributed by atoms with Gasteiger partial charge in [0.05, 0.1) is 4.88 Å². The fourth-order valence-corrected chi connectivity index (χ4v) is 2.42. The lowest BCUT2D eigenvalue weighted by atomic mass is 10.1. The topological polar surface area (TPSA) is 29.1 Å². The van der Waals surface area contributed by atoms with Crippen molar-refractivity contribution in [3.63, 3.8) is 0 Å². The number of nitrogens with one attached hydrogen (secondary N) is 1. The molecule has 17 heavy (non-hydrogen) atoms. The van der Waals surface area contributed by atoms with Crippen molar-refractivity contribution < 1.29 is 4.79 Å². The fraction of sp³-hybridized carbons (Fsp3) is 0.643. The largest absolute Gasteiger partial charge is 0.351 e. The van der Waals surface area contributed by atoms with Gasteiger partial charge in [-0.1, -0.05) is 51.5 Å². The highest BCUT2D eigenvalue weighted by Crippen LogP contribution is 2.08. The van der Waals surface area contributed by atoms with Crippen molar-refractivity contribution in [2.75, 3.05) is 6.54 Å². The Morgan fingerprint density at radius 2 is 1.88 bits per heavy atom. The third-order valence-electron chi connectivity index (χ3n) is 2.81. The van der Waals surface area contributed by atoms with Gasteiger partial charge in [0, 0.05) is 6.54 Å². The third kappa shape index (κ3) is 6.47.